The van der Waals surface area contributed by atoms with Gasteiger partial charge in [-0.2, -0.15) is 0 Å². The van der Waals surface area contributed by atoms with Crippen LogP contribution in [0, 0.1) is 5.41 Å². The molecule has 1 atom stereocenters. The molecule has 0 aromatic rings. The molecule has 0 aromatic heterocycles. The minimum atomic E-state index is -0.156. The van der Waals surface area contributed by atoms with E-state index in [0.717, 1.165) is 13.0 Å². The van der Waals surface area contributed by atoms with Gasteiger partial charge in [0.25, 0.3) is 0 Å². The Morgan fingerprint density at radius 2 is 1.62 bits per heavy atom. The highest BCUT2D eigenvalue weighted by atomic mass is 16.2. The molecule has 3 heteroatoms. The third kappa shape index (κ3) is 8.72. The fraction of sp³-hybridized carbons (Fsp3) is 0.923. The van der Waals surface area contributed by atoms with Crippen molar-refractivity contribution in [1.29, 1.82) is 0 Å². The minimum absolute atomic E-state index is 0.0707. The summed E-state index contributed by atoms with van der Waals surface area (Å²) in [6.07, 6.45) is 1.07. The van der Waals surface area contributed by atoms with E-state index in [9.17, 15) is 4.79 Å². The number of carbonyl (C=O) groups is 1. The summed E-state index contributed by atoms with van der Waals surface area (Å²) in [5, 5.41) is 6.21. The Hall–Kier alpha value is -0.570. The van der Waals surface area contributed by atoms with E-state index in [1.54, 1.807) is 0 Å². The predicted octanol–water partition coefficient (Wildman–Crippen LogP) is 2.32. The molecule has 0 heterocycles. The molecule has 3 nitrogen and oxygen atoms in total. The van der Waals surface area contributed by atoms with E-state index in [1.165, 1.54) is 0 Å². The minimum Gasteiger partial charge on any atom is -0.350 e. The van der Waals surface area contributed by atoms with Crippen molar-refractivity contribution in [3.63, 3.8) is 0 Å². The molecule has 0 bridgehead atoms. The lowest BCUT2D eigenvalue weighted by Crippen LogP contribution is -2.49. The Kier molecular flexibility index (Phi) is 5.47. The van der Waals surface area contributed by atoms with Crippen LogP contribution in [0.15, 0.2) is 0 Å². The average molecular weight is 228 g/mol. The molecule has 0 aliphatic carbocycles. The van der Waals surface area contributed by atoms with Crippen LogP contribution in [0.25, 0.3) is 0 Å². The maximum atomic E-state index is 11.7. The van der Waals surface area contributed by atoms with Crippen LogP contribution in [0.3, 0.4) is 0 Å². The molecular formula is C13H28N2O. The van der Waals surface area contributed by atoms with Crippen LogP contribution in [-0.4, -0.2) is 24.0 Å². The van der Waals surface area contributed by atoms with Gasteiger partial charge in [0.15, 0.2) is 0 Å². The smallest absolute Gasteiger partial charge is 0.237 e. The van der Waals surface area contributed by atoms with Crippen molar-refractivity contribution in [3.8, 4) is 0 Å². The summed E-state index contributed by atoms with van der Waals surface area (Å²) in [6, 6.07) is -0.124. The van der Waals surface area contributed by atoms with Crippen molar-refractivity contribution >= 4 is 5.91 Å². The van der Waals surface area contributed by atoms with Crippen LogP contribution in [0.1, 0.15) is 54.9 Å². The lowest BCUT2D eigenvalue weighted by molar-refractivity contribution is -0.124. The summed E-state index contributed by atoms with van der Waals surface area (Å²) in [5.74, 6) is 0.0707. The standard InChI is InChI=1S/C13H28N2O/c1-10(11(16)15-13(5,6)7)14-9-8-12(2,3)4/h10,14H,8-9H2,1-7H3,(H,15,16). The first-order chi connectivity index (χ1) is 7.01. The average Bonchev–Trinajstić information content (AvgIpc) is 1.98. The third-order valence-electron chi connectivity index (χ3n) is 2.22. The summed E-state index contributed by atoms with van der Waals surface area (Å²) in [5.41, 5.74) is 0.157. The molecule has 0 aliphatic heterocycles. The van der Waals surface area contributed by atoms with Crippen molar-refractivity contribution in [2.45, 2.75) is 66.5 Å². The maximum absolute atomic E-state index is 11.7. The fourth-order valence-electron chi connectivity index (χ4n) is 1.23. The molecule has 96 valence electrons. The third-order valence-corrected chi connectivity index (χ3v) is 2.22. The zero-order chi connectivity index (χ0) is 13.0. The summed E-state index contributed by atoms with van der Waals surface area (Å²) >= 11 is 0. The SMILES string of the molecule is CC(NCCC(C)(C)C)C(=O)NC(C)(C)C. The second-order valence-electron chi connectivity index (χ2n) is 6.73. The lowest BCUT2D eigenvalue weighted by Gasteiger charge is -2.25. The topological polar surface area (TPSA) is 41.1 Å². The van der Waals surface area contributed by atoms with E-state index >= 15 is 0 Å². The number of hydrogen-bond donors (Lipinski definition) is 2. The van der Waals surface area contributed by atoms with Gasteiger partial charge in [0.1, 0.15) is 0 Å². The van der Waals surface area contributed by atoms with Gasteiger partial charge in [0.2, 0.25) is 5.91 Å². The van der Waals surface area contributed by atoms with E-state index in [0.29, 0.717) is 5.41 Å². The maximum Gasteiger partial charge on any atom is 0.237 e. The number of amides is 1. The highest BCUT2D eigenvalue weighted by Gasteiger charge is 2.19. The van der Waals surface area contributed by atoms with Crippen LogP contribution in [-0.2, 0) is 4.79 Å². The molecule has 1 unspecified atom stereocenters. The number of rotatable bonds is 4. The summed E-state index contributed by atoms with van der Waals surface area (Å²) in [6.45, 7) is 15.4. The van der Waals surface area contributed by atoms with Gasteiger partial charge in [-0.15, -0.1) is 0 Å². The monoisotopic (exact) mass is 228 g/mol. The van der Waals surface area contributed by atoms with Crippen molar-refractivity contribution in [2.24, 2.45) is 5.41 Å². The van der Waals surface area contributed by atoms with Gasteiger partial charge in [-0.3, -0.25) is 4.79 Å². The Morgan fingerprint density at radius 1 is 1.12 bits per heavy atom. The van der Waals surface area contributed by atoms with E-state index in [4.69, 9.17) is 0 Å². The van der Waals surface area contributed by atoms with Gasteiger partial charge in [0.05, 0.1) is 6.04 Å². The van der Waals surface area contributed by atoms with Gasteiger partial charge in [-0.25, -0.2) is 0 Å². The Labute approximate surface area is 100 Å². The quantitative estimate of drug-likeness (QED) is 0.775. The van der Waals surface area contributed by atoms with Gasteiger partial charge in [-0.1, -0.05) is 20.8 Å². The van der Waals surface area contributed by atoms with Gasteiger partial charge < -0.3 is 10.6 Å². The fourth-order valence-corrected chi connectivity index (χ4v) is 1.23. The predicted molar refractivity (Wildman–Crippen MR) is 69.4 cm³/mol. The molecule has 0 rings (SSSR count). The molecular weight excluding hydrogens is 200 g/mol. The van der Waals surface area contributed by atoms with Crippen LogP contribution in [0.2, 0.25) is 0 Å². The second kappa shape index (κ2) is 5.67. The van der Waals surface area contributed by atoms with E-state index in [2.05, 4.69) is 31.4 Å². The van der Waals surface area contributed by atoms with Crippen LogP contribution >= 0.6 is 0 Å². The van der Waals surface area contributed by atoms with Crippen molar-refractivity contribution in [1.82, 2.24) is 10.6 Å². The molecule has 0 saturated carbocycles. The van der Waals surface area contributed by atoms with Gasteiger partial charge >= 0.3 is 0 Å². The molecule has 0 fully saturated rings. The highest BCUT2D eigenvalue weighted by molar-refractivity contribution is 5.81. The number of carbonyl (C=O) groups excluding carboxylic acids is 1. The van der Waals surface area contributed by atoms with E-state index in [1.807, 2.05) is 27.7 Å². The Morgan fingerprint density at radius 3 is 2.00 bits per heavy atom. The largest absolute Gasteiger partial charge is 0.350 e. The lowest BCUT2D eigenvalue weighted by atomic mass is 9.92. The van der Waals surface area contributed by atoms with E-state index < -0.39 is 0 Å². The van der Waals surface area contributed by atoms with Gasteiger partial charge in [-0.05, 0) is 46.1 Å². The first-order valence-electron chi connectivity index (χ1n) is 6.07. The van der Waals surface area contributed by atoms with Crippen LogP contribution in [0.4, 0.5) is 0 Å². The summed E-state index contributed by atoms with van der Waals surface area (Å²) < 4.78 is 0. The highest BCUT2D eigenvalue weighted by Crippen LogP contribution is 2.17. The Bertz CT molecular complexity index is 223. The molecule has 16 heavy (non-hydrogen) atoms. The molecule has 0 aliphatic rings. The van der Waals surface area contributed by atoms with Crippen molar-refractivity contribution in [3.05, 3.63) is 0 Å². The second-order valence-corrected chi connectivity index (χ2v) is 6.73. The molecule has 0 spiro atoms. The molecule has 0 aromatic carbocycles. The van der Waals surface area contributed by atoms with Crippen LogP contribution < -0.4 is 10.6 Å². The zero-order valence-electron chi connectivity index (χ0n) is 11.9. The molecule has 0 radical (unpaired) electrons. The van der Waals surface area contributed by atoms with Gasteiger partial charge in [0, 0.05) is 5.54 Å². The number of hydrogen-bond acceptors (Lipinski definition) is 2. The Balaban J connectivity index is 3.89. The summed E-state index contributed by atoms with van der Waals surface area (Å²) in [4.78, 5) is 11.7. The van der Waals surface area contributed by atoms with Crippen molar-refractivity contribution in [2.75, 3.05) is 6.54 Å². The summed E-state index contributed by atoms with van der Waals surface area (Å²) in [7, 11) is 0. The first-order valence-corrected chi connectivity index (χ1v) is 6.07. The molecule has 1 amide bonds. The first kappa shape index (κ1) is 15.4. The molecule has 2 N–H and O–H groups in total. The number of nitrogens with one attached hydrogen (secondary N) is 2. The zero-order valence-corrected chi connectivity index (χ0v) is 11.9. The van der Waals surface area contributed by atoms with Crippen LogP contribution in [0.5, 0.6) is 0 Å². The van der Waals surface area contributed by atoms with E-state index in [-0.39, 0.29) is 17.5 Å². The van der Waals surface area contributed by atoms with Crippen molar-refractivity contribution < 1.29 is 4.79 Å². The normalized spacial score (nSPS) is 14.7. The molecule has 0 saturated heterocycles.